The van der Waals surface area contributed by atoms with Crippen LogP contribution in [0.2, 0.25) is 0 Å². The van der Waals surface area contributed by atoms with Gasteiger partial charge in [0.15, 0.2) is 0 Å². The van der Waals surface area contributed by atoms with Crippen LogP contribution in [0.15, 0.2) is 24.3 Å². The molecular formula is C22H33N3O4. The first-order valence-electron chi connectivity index (χ1n) is 10.4. The number of nitrogens with zero attached hydrogens (tertiary/aromatic N) is 2. The van der Waals surface area contributed by atoms with E-state index >= 15 is 0 Å². The van der Waals surface area contributed by atoms with Gasteiger partial charge in [-0.3, -0.25) is 14.5 Å². The fourth-order valence-electron chi connectivity index (χ4n) is 4.33. The largest absolute Gasteiger partial charge is 0.497 e. The van der Waals surface area contributed by atoms with Gasteiger partial charge in [-0.1, -0.05) is 12.1 Å². The molecule has 0 radical (unpaired) electrons. The van der Waals surface area contributed by atoms with Gasteiger partial charge in [0, 0.05) is 39.3 Å². The molecule has 3 rings (SSSR count). The summed E-state index contributed by atoms with van der Waals surface area (Å²) in [5.41, 5.74) is 6.40. The van der Waals surface area contributed by atoms with Crippen LogP contribution in [0.25, 0.3) is 0 Å². The molecule has 7 heteroatoms. The van der Waals surface area contributed by atoms with E-state index in [9.17, 15) is 9.59 Å². The van der Waals surface area contributed by atoms with E-state index in [1.807, 2.05) is 29.2 Å². The van der Waals surface area contributed by atoms with Crippen molar-refractivity contribution in [2.75, 3.05) is 47.0 Å². The molecule has 2 N–H and O–H groups in total. The van der Waals surface area contributed by atoms with Crippen LogP contribution in [0.1, 0.15) is 31.2 Å². The fraction of sp³-hybridized carbons (Fsp3) is 0.636. The Bertz CT molecular complexity index is 693. The van der Waals surface area contributed by atoms with Crippen molar-refractivity contribution >= 4 is 11.8 Å². The third-order valence-electron chi connectivity index (χ3n) is 6.58. The van der Waals surface area contributed by atoms with Gasteiger partial charge in [-0.25, -0.2) is 0 Å². The topological polar surface area (TPSA) is 85.1 Å². The first kappa shape index (κ1) is 21.6. The van der Waals surface area contributed by atoms with E-state index in [2.05, 4.69) is 4.90 Å². The van der Waals surface area contributed by atoms with E-state index in [1.54, 1.807) is 14.2 Å². The predicted molar refractivity (Wildman–Crippen MR) is 111 cm³/mol. The average molecular weight is 404 g/mol. The summed E-state index contributed by atoms with van der Waals surface area (Å²) in [5, 5.41) is 0. The van der Waals surface area contributed by atoms with Crippen molar-refractivity contribution in [3.8, 4) is 5.75 Å². The zero-order valence-electron chi connectivity index (χ0n) is 17.6. The Labute approximate surface area is 173 Å². The van der Waals surface area contributed by atoms with Gasteiger partial charge >= 0.3 is 0 Å². The Morgan fingerprint density at radius 1 is 1.14 bits per heavy atom. The van der Waals surface area contributed by atoms with Crippen LogP contribution < -0.4 is 10.5 Å². The number of amides is 2. The minimum atomic E-state index is -0.440. The lowest BCUT2D eigenvalue weighted by molar-refractivity contribution is -0.140. The monoisotopic (exact) mass is 403 g/mol. The average Bonchev–Trinajstić information content (AvgIpc) is 2.71. The third-order valence-corrected chi connectivity index (χ3v) is 6.58. The molecule has 2 fully saturated rings. The minimum Gasteiger partial charge on any atom is -0.497 e. The van der Waals surface area contributed by atoms with Gasteiger partial charge in [-0.05, 0) is 56.5 Å². The minimum absolute atomic E-state index is 0.209. The SMILES string of the molecule is COCCC1(C(N)=O)CCN(C2CN(C(=O)CCc3ccc(OC)cc3)C2)CC1. The lowest BCUT2D eigenvalue weighted by Crippen LogP contribution is -2.63. The van der Waals surface area contributed by atoms with E-state index in [0.717, 1.165) is 56.8 Å². The standard InChI is InChI=1S/C22H33N3O4/c1-28-14-11-22(21(23)27)9-12-24(13-10-22)18-15-25(16-18)20(26)8-5-17-3-6-19(29-2)7-4-17/h3-4,6-7,18H,5,8-16H2,1-2H3,(H2,23,27). The van der Waals surface area contributed by atoms with E-state index in [1.165, 1.54) is 0 Å². The summed E-state index contributed by atoms with van der Waals surface area (Å²) in [7, 11) is 3.30. The number of methoxy groups -OCH3 is 2. The summed E-state index contributed by atoms with van der Waals surface area (Å²) in [6.45, 7) is 3.82. The molecule has 160 valence electrons. The number of hydrogen-bond acceptors (Lipinski definition) is 5. The van der Waals surface area contributed by atoms with Crippen LogP contribution in [-0.2, 0) is 20.7 Å². The Hall–Kier alpha value is -2.12. The highest BCUT2D eigenvalue weighted by molar-refractivity contribution is 5.81. The second kappa shape index (κ2) is 9.59. The molecule has 0 aliphatic carbocycles. The maximum Gasteiger partial charge on any atom is 0.223 e. The molecule has 0 saturated carbocycles. The highest BCUT2D eigenvalue weighted by Gasteiger charge is 2.43. The number of likely N-dealkylation sites (tertiary alicyclic amines) is 2. The molecule has 7 nitrogen and oxygen atoms in total. The molecule has 0 unspecified atom stereocenters. The van der Waals surface area contributed by atoms with Crippen molar-refractivity contribution in [2.24, 2.45) is 11.1 Å². The summed E-state index contributed by atoms with van der Waals surface area (Å²) in [4.78, 5) is 28.8. The van der Waals surface area contributed by atoms with Crippen LogP contribution in [-0.4, -0.2) is 74.7 Å². The van der Waals surface area contributed by atoms with Gasteiger partial charge in [0.05, 0.1) is 12.5 Å². The molecule has 0 atom stereocenters. The zero-order valence-corrected chi connectivity index (χ0v) is 17.6. The third kappa shape index (κ3) is 5.08. The highest BCUT2D eigenvalue weighted by Crippen LogP contribution is 2.36. The molecular weight excluding hydrogens is 370 g/mol. The molecule has 2 amide bonds. The van der Waals surface area contributed by atoms with Gasteiger partial charge in [0.2, 0.25) is 11.8 Å². The maximum absolute atomic E-state index is 12.5. The van der Waals surface area contributed by atoms with Crippen LogP contribution in [0.5, 0.6) is 5.75 Å². The second-order valence-electron chi connectivity index (χ2n) is 8.22. The summed E-state index contributed by atoms with van der Waals surface area (Å²) < 4.78 is 10.3. The lowest BCUT2D eigenvalue weighted by atomic mass is 9.74. The number of carbonyl (C=O) groups excluding carboxylic acids is 2. The first-order chi connectivity index (χ1) is 14.0. The second-order valence-corrected chi connectivity index (χ2v) is 8.22. The van der Waals surface area contributed by atoms with Gasteiger partial charge in [-0.15, -0.1) is 0 Å². The number of piperidine rings is 1. The van der Waals surface area contributed by atoms with E-state index in [4.69, 9.17) is 15.2 Å². The molecule has 1 aromatic rings. The van der Waals surface area contributed by atoms with E-state index in [0.29, 0.717) is 25.5 Å². The highest BCUT2D eigenvalue weighted by atomic mass is 16.5. The Balaban J connectivity index is 1.40. The van der Waals surface area contributed by atoms with Crippen molar-refractivity contribution in [3.63, 3.8) is 0 Å². The lowest BCUT2D eigenvalue weighted by Gasteiger charge is -2.49. The summed E-state index contributed by atoms with van der Waals surface area (Å²) in [6, 6.07) is 8.26. The van der Waals surface area contributed by atoms with Crippen LogP contribution >= 0.6 is 0 Å². The maximum atomic E-state index is 12.5. The van der Waals surface area contributed by atoms with Crippen molar-refractivity contribution in [1.29, 1.82) is 0 Å². The Kier molecular flexibility index (Phi) is 7.14. The molecule has 29 heavy (non-hydrogen) atoms. The number of benzene rings is 1. The first-order valence-corrected chi connectivity index (χ1v) is 10.4. The van der Waals surface area contributed by atoms with Crippen molar-refractivity contribution in [2.45, 2.75) is 38.1 Å². The number of carbonyl (C=O) groups is 2. The number of rotatable bonds is 9. The Morgan fingerprint density at radius 3 is 2.34 bits per heavy atom. The smallest absolute Gasteiger partial charge is 0.223 e. The zero-order chi connectivity index (χ0) is 20.9. The molecule has 2 aliphatic rings. The van der Waals surface area contributed by atoms with Crippen LogP contribution in [0.4, 0.5) is 0 Å². The van der Waals surface area contributed by atoms with Gasteiger partial charge < -0.3 is 20.1 Å². The number of primary amides is 1. The molecule has 1 aromatic carbocycles. The van der Waals surface area contributed by atoms with E-state index in [-0.39, 0.29) is 11.8 Å². The molecule has 2 aliphatic heterocycles. The van der Waals surface area contributed by atoms with E-state index < -0.39 is 5.41 Å². The van der Waals surface area contributed by atoms with Crippen molar-refractivity contribution in [3.05, 3.63) is 29.8 Å². The van der Waals surface area contributed by atoms with Crippen LogP contribution in [0, 0.1) is 5.41 Å². The number of ether oxygens (including phenoxy) is 2. The predicted octanol–water partition coefficient (Wildman–Crippen LogP) is 1.44. The molecule has 0 bridgehead atoms. The van der Waals surface area contributed by atoms with Gasteiger partial charge in [-0.2, -0.15) is 0 Å². The number of hydrogen-bond donors (Lipinski definition) is 1. The normalized spacial score (nSPS) is 19.6. The molecule has 2 saturated heterocycles. The van der Waals surface area contributed by atoms with Gasteiger partial charge in [0.25, 0.3) is 0 Å². The molecule has 2 heterocycles. The molecule has 0 spiro atoms. The summed E-state index contributed by atoms with van der Waals surface area (Å²) >= 11 is 0. The Morgan fingerprint density at radius 2 is 1.79 bits per heavy atom. The number of nitrogens with two attached hydrogens (primary N) is 1. The quantitative estimate of drug-likeness (QED) is 0.674. The van der Waals surface area contributed by atoms with Crippen molar-refractivity contribution < 1.29 is 19.1 Å². The fourth-order valence-corrected chi connectivity index (χ4v) is 4.33. The van der Waals surface area contributed by atoms with Crippen LogP contribution in [0.3, 0.4) is 0 Å². The number of aryl methyl sites for hydroxylation is 1. The summed E-state index contributed by atoms with van der Waals surface area (Å²) in [5.74, 6) is 0.827. The summed E-state index contributed by atoms with van der Waals surface area (Å²) in [6.07, 6.45) is 3.50. The van der Waals surface area contributed by atoms with Gasteiger partial charge in [0.1, 0.15) is 5.75 Å². The van der Waals surface area contributed by atoms with Crippen molar-refractivity contribution in [1.82, 2.24) is 9.80 Å². The molecule has 0 aromatic heterocycles.